The van der Waals surface area contributed by atoms with Gasteiger partial charge in [0.1, 0.15) is 0 Å². The van der Waals surface area contributed by atoms with Crippen LogP contribution in [-0.4, -0.2) is 19.0 Å². The van der Waals surface area contributed by atoms with E-state index in [0.29, 0.717) is 5.92 Å². The molecule has 1 aromatic carbocycles. The Morgan fingerprint density at radius 3 is 2.25 bits per heavy atom. The second kappa shape index (κ2) is 6.49. The predicted octanol–water partition coefficient (Wildman–Crippen LogP) is 3.82. The van der Waals surface area contributed by atoms with Gasteiger partial charge >= 0.3 is 0 Å². The number of benzene rings is 1. The standard InChI is InChI=1S/C15H23N/c1-5-7-14(6-2)15-10-8-13(9-11-15)12-16(3)4/h5,7-11,14H,6,12H2,1-4H3/b7-5-. The molecule has 0 saturated carbocycles. The van der Waals surface area contributed by atoms with Crippen LogP contribution in [0.5, 0.6) is 0 Å². The highest BCUT2D eigenvalue weighted by atomic mass is 15.0. The molecule has 0 radical (unpaired) electrons. The Kier molecular flexibility index (Phi) is 5.27. The summed E-state index contributed by atoms with van der Waals surface area (Å²) in [7, 11) is 4.20. The third-order valence-electron chi connectivity index (χ3n) is 2.77. The zero-order valence-electron chi connectivity index (χ0n) is 10.9. The van der Waals surface area contributed by atoms with Crippen molar-refractivity contribution in [3.63, 3.8) is 0 Å². The van der Waals surface area contributed by atoms with E-state index in [9.17, 15) is 0 Å². The van der Waals surface area contributed by atoms with E-state index < -0.39 is 0 Å². The van der Waals surface area contributed by atoms with Gasteiger partial charge in [0.05, 0.1) is 0 Å². The van der Waals surface area contributed by atoms with E-state index in [4.69, 9.17) is 0 Å². The lowest BCUT2D eigenvalue weighted by atomic mass is 9.95. The molecule has 1 aromatic rings. The summed E-state index contributed by atoms with van der Waals surface area (Å²) in [6.45, 7) is 5.34. The smallest absolute Gasteiger partial charge is 0.0227 e. The molecule has 0 amide bonds. The number of allylic oxidation sites excluding steroid dienone is 2. The third kappa shape index (κ3) is 3.82. The lowest BCUT2D eigenvalue weighted by Gasteiger charge is -2.13. The van der Waals surface area contributed by atoms with Crippen LogP contribution in [0.1, 0.15) is 37.3 Å². The molecule has 0 N–H and O–H groups in total. The zero-order chi connectivity index (χ0) is 12.0. The quantitative estimate of drug-likeness (QED) is 0.678. The van der Waals surface area contributed by atoms with Crippen LogP contribution in [-0.2, 0) is 6.54 Å². The number of nitrogens with zero attached hydrogens (tertiary/aromatic N) is 1. The molecule has 88 valence electrons. The molecule has 1 nitrogen and oxygen atoms in total. The van der Waals surface area contributed by atoms with Crippen molar-refractivity contribution in [1.82, 2.24) is 4.90 Å². The molecule has 0 aromatic heterocycles. The van der Waals surface area contributed by atoms with Crippen LogP contribution in [0, 0.1) is 0 Å². The van der Waals surface area contributed by atoms with Crippen LogP contribution in [0.4, 0.5) is 0 Å². The maximum absolute atomic E-state index is 2.28. The molecule has 1 atom stereocenters. The summed E-state index contributed by atoms with van der Waals surface area (Å²) < 4.78 is 0. The summed E-state index contributed by atoms with van der Waals surface area (Å²) in [6.07, 6.45) is 5.58. The molecule has 0 spiro atoms. The van der Waals surface area contributed by atoms with Gasteiger partial charge in [0.2, 0.25) is 0 Å². The minimum atomic E-state index is 0.568. The number of hydrogen-bond acceptors (Lipinski definition) is 1. The zero-order valence-corrected chi connectivity index (χ0v) is 10.9. The lowest BCUT2D eigenvalue weighted by molar-refractivity contribution is 0.402. The van der Waals surface area contributed by atoms with Gasteiger partial charge in [-0.05, 0) is 38.6 Å². The van der Waals surface area contributed by atoms with E-state index >= 15 is 0 Å². The summed E-state index contributed by atoms with van der Waals surface area (Å²) in [5.41, 5.74) is 2.80. The Morgan fingerprint density at radius 2 is 1.81 bits per heavy atom. The summed E-state index contributed by atoms with van der Waals surface area (Å²) in [6, 6.07) is 8.99. The number of hydrogen-bond donors (Lipinski definition) is 0. The van der Waals surface area contributed by atoms with Crippen LogP contribution in [0.25, 0.3) is 0 Å². The molecule has 1 unspecified atom stereocenters. The Balaban J connectivity index is 2.76. The summed E-state index contributed by atoms with van der Waals surface area (Å²) in [4.78, 5) is 2.19. The summed E-state index contributed by atoms with van der Waals surface area (Å²) in [5.74, 6) is 0.568. The van der Waals surface area contributed by atoms with Crippen LogP contribution < -0.4 is 0 Å². The van der Waals surface area contributed by atoms with Crippen LogP contribution >= 0.6 is 0 Å². The van der Waals surface area contributed by atoms with Crippen molar-refractivity contribution in [2.45, 2.75) is 32.7 Å². The van der Waals surface area contributed by atoms with Crippen molar-refractivity contribution in [3.8, 4) is 0 Å². The van der Waals surface area contributed by atoms with Crippen LogP contribution in [0.2, 0.25) is 0 Å². The molecule has 0 bridgehead atoms. The second-order valence-electron chi connectivity index (χ2n) is 4.52. The first-order valence-corrected chi connectivity index (χ1v) is 6.03. The summed E-state index contributed by atoms with van der Waals surface area (Å²) in [5, 5.41) is 0. The molecular formula is C15H23N. The fraction of sp³-hybridized carbons (Fsp3) is 0.467. The largest absolute Gasteiger partial charge is 0.305 e. The first-order chi connectivity index (χ1) is 7.67. The monoisotopic (exact) mass is 217 g/mol. The van der Waals surface area contributed by atoms with E-state index in [-0.39, 0.29) is 0 Å². The van der Waals surface area contributed by atoms with Gasteiger partial charge in [-0.25, -0.2) is 0 Å². The first-order valence-electron chi connectivity index (χ1n) is 6.03. The molecular weight excluding hydrogens is 194 g/mol. The average molecular weight is 217 g/mol. The maximum Gasteiger partial charge on any atom is 0.0227 e. The fourth-order valence-corrected chi connectivity index (χ4v) is 1.95. The maximum atomic E-state index is 2.28. The van der Waals surface area contributed by atoms with Gasteiger partial charge in [-0.15, -0.1) is 0 Å². The van der Waals surface area contributed by atoms with E-state index in [2.05, 4.69) is 69.3 Å². The Morgan fingerprint density at radius 1 is 1.19 bits per heavy atom. The van der Waals surface area contributed by atoms with Crippen molar-refractivity contribution in [3.05, 3.63) is 47.5 Å². The molecule has 0 aliphatic heterocycles. The average Bonchev–Trinajstić information content (AvgIpc) is 2.26. The minimum absolute atomic E-state index is 0.568. The predicted molar refractivity (Wildman–Crippen MR) is 71.7 cm³/mol. The molecule has 0 saturated heterocycles. The minimum Gasteiger partial charge on any atom is -0.305 e. The van der Waals surface area contributed by atoms with E-state index in [1.165, 1.54) is 11.1 Å². The first kappa shape index (κ1) is 13.0. The third-order valence-corrected chi connectivity index (χ3v) is 2.77. The van der Waals surface area contributed by atoms with Gasteiger partial charge < -0.3 is 4.90 Å². The SMILES string of the molecule is C/C=C\C(CC)c1ccc(CN(C)C)cc1. The van der Waals surface area contributed by atoms with Gasteiger partial charge in [-0.3, -0.25) is 0 Å². The molecule has 0 aliphatic carbocycles. The van der Waals surface area contributed by atoms with Crippen molar-refractivity contribution in [1.29, 1.82) is 0 Å². The molecule has 1 rings (SSSR count). The van der Waals surface area contributed by atoms with Gasteiger partial charge in [-0.1, -0.05) is 43.3 Å². The van der Waals surface area contributed by atoms with Gasteiger partial charge in [-0.2, -0.15) is 0 Å². The van der Waals surface area contributed by atoms with Gasteiger partial charge in [0.15, 0.2) is 0 Å². The molecule has 1 heteroatoms. The fourth-order valence-electron chi connectivity index (χ4n) is 1.95. The highest BCUT2D eigenvalue weighted by molar-refractivity contribution is 5.28. The molecule has 16 heavy (non-hydrogen) atoms. The van der Waals surface area contributed by atoms with Crippen LogP contribution in [0.3, 0.4) is 0 Å². The van der Waals surface area contributed by atoms with Crippen molar-refractivity contribution < 1.29 is 0 Å². The Labute approximate surface area is 99.8 Å². The summed E-state index contributed by atoms with van der Waals surface area (Å²) >= 11 is 0. The van der Waals surface area contributed by atoms with Gasteiger partial charge in [0, 0.05) is 12.5 Å². The Bertz CT molecular complexity index is 322. The normalized spacial score (nSPS) is 13.6. The van der Waals surface area contributed by atoms with E-state index in [0.717, 1.165) is 13.0 Å². The Hall–Kier alpha value is -1.08. The highest BCUT2D eigenvalue weighted by Gasteiger charge is 2.04. The van der Waals surface area contributed by atoms with Crippen LogP contribution in [0.15, 0.2) is 36.4 Å². The lowest BCUT2D eigenvalue weighted by Crippen LogP contribution is -2.10. The molecule has 0 heterocycles. The van der Waals surface area contributed by atoms with Crippen molar-refractivity contribution >= 4 is 0 Å². The highest BCUT2D eigenvalue weighted by Crippen LogP contribution is 2.21. The van der Waals surface area contributed by atoms with Crippen molar-refractivity contribution in [2.24, 2.45) is 0 Å². The molecule has 0 fully saturated rings. The van der Waals surface area contributed by atoms with Crippen molar-refractivity contribution in [2.75, 3.05) is 14.1 Å². The topological polar surface area (TPSA) is 3.24 Å². The molecule has 0 aliphatic rings. The number of rotatable bonds is 5. The van der Waals surface area contributed by atoms with E-state index in [1.807, 2.05) is 0 Å². The van der Waals surface area contributed by atoms with Gasteiger partial charge in [0.25, 0.3) is 0 Å². The van der Waals surface area contributed by atoms with E-state index in [1.54, 1.807) is 0 Å². The second-order valence-corrected chi connectivity index (χ2v) is 4.52.